The van der Waals surface area contributed by atoms with Crippen molar-refractivity contribution in [3.63, 3.8) is 0 Å². The molecule has 1 aromatic carbocycles. The zero-order valence-corrected chi connectivity index (χ0v) is 17.2. The molecule has 142 valence electrons. The van der Waals surface area contributed by atoms with Gasteiger partial charge in [-0.2, -0.15) is 0 Å². The number of hydrogen-bond acceptors (Lipinski definition) is 5. The molecule has 6 heteroatoms. The highest BCUT2D eigenvalue weighted by Gasteiger charge is 2.74. The number of fused-ring (bicyclic) bond motifs is 1. The SMILES string of the molecule is CC1(C)OC2O[C@]3(C(=O)CC3[Si](C)(C)C)C(OCc3ccccc3)[C@@H]2O1. The molecule has 0 amide bonds. The largest absolute Gasteiger partial charge is 0.367 e. The van der Waals surface area contributed by atoms with Gasteiger partial charge in [0.25, 0.3) is 0 Å². The van der Waals surface area contributed by atoms with Crippen molar-refractivity contribution in [2.75, 3.05) is 0 Å². The molecule has 1 aliphatic carbocycles. The Kier molecular flexibility index (Phi) is 4.21. The summed E-state index contributed by atoms with van der Waals surface area (Å²) in [7, 11) is -1.62. The molecule has 0 radical (unpaired) electrons. The molecule has 0 bridgehead atoms. The van der Waals surface area contributed by atoms with E-state index in [9.17, 15) is 4.79 Å². The average molecular weight is 377 g/mol. The Morgan fingerprint density at radius 2 is 1.81 bits per heavy atom. The smallest absolute Gasteiger partial charge is 0.191 e. The molecule has 0 N–H and O–H groups in total. The Bertz CT molecular complexity index is 698. The number of carbonyl (C=O) groups is 1. The summed E-state index contributed by atoms with van der Waals surface area (Å²) in [6.45, 7) is 11.0. The molecule has 2 heterocycles. The van der Waals surface area contributed by atoms with Crippen LogP contribution in [0.15, 0.2) is 30.3 Å². The van der Waals surface area contributed by atoms with E-state index in [4.69, 9.17) is 18.9 Å². The second-order valence-corrected chi connectivity index (χ2v) is 14.6. The molecule has 1 saturated carbocycles. The van der Waals surface area contributed by atoms with Crippen molar-refractivity contribution in [1.82, 2.24) is 0 Å². The van der Waals surface area contributed by atoms with E-state index in [2.05, 4.69) is 19.6 Å². The van der Waals surface area contributed by atoms with E-state index in [1.807, 2.05) is 44.2 Å². The molecule has 2 aliphatic heterocycles. The van der Waals surface area contributed by atoms with Crippen molar-refractivity contribution >= 4 is 13.9 Å². The second-order valence-electron chi connectivity index (χ2n) is 9.14. The fourth-order valence-corrected chi connectivity index (χ4v) is 7.03. The fourth-order valence-electron chi connectivity index (χ4n) is 4.55. The van der Waals surface area contributed by atoms with E-state index in [-0.39, 0.29) is 17.4 Å². The molecule has 4 rings (SSSR count). The Balaban J connectivity index is 1.64. The quantitative estimate of drug-likeness (QED) is 0.753. The van der Waals surface area contributed by atoms with Gasteiger partial charge in [0.15, 0.2) is 23.5 Å². The molecular weight excluding hydrogens is 348 g/mol. The van der Waals surface area contributed by atoms with Crippen molar-refractivity contribution in [3.05, 3.63) is 35.9 Å². The molecule has 1 aromatic rings. The van der Waals surface area contributed by atoms with Gasteiger partial charge in [0, 0.05) is 6.42 Å². The van der Waals surface area contributed by atoms with Crippen LogP contribution in [0.5, 0.6) is 0 Å². The lowest BCUT2D eigenvalue weighted by Gasteiger charge is -2.53. The van der Waals surface area contributed by atoms with Crippen LogP contribution in [0.4, 0.5) is 0 Å². The maximum atomic E-state index is 12.8. The molecule has 0 aromatic heterocycles. The minimum absolute atomic E-state index is 0.127. The standard InChI is InChI=1S/C20H28O5Si/c1-19(2)23-16-17(22-12-13-9-7-6-8-10-13)20(25-18(16)24-19)14(21)11-15(20)26(3,4)5/h6-10,15-18H,11-12H2,1-5H3/t15?,16-,17?,18?,20-/m0/s1. The predicted octanol–water partition coefficient (Wildman–Crippen LogP) is 3.50. The number of benzene rings is 1. The van der Waals surface area contributed by atoms with Crippen LogP contribution in [0.25, 0.3) is 0 Å². The third-order valence-corrected chi connectivity index (χ3v) is 8.50. The number of Topliss-reactive ketones (excluding diaryl/α,β-unsaturated/α-hetero) is 1. The van der Waals surface area contributed by atoms with Crippen LogP contribution in [-0.4, -0.2) is 43.7 Å². The summed E-state index contributed by atoms with van der Waals surface area (Å²) < 4.78 is 24.7. The van der Waals surface area contributed by atoms with Crippen LogP contribution < -0.4 is 0 Å². The second kappa shape index (κ2) is 5.97. The number of ketones is 1. The maximum Gasteiger partial charge on any atom is 0.191 e. The van der Waals surface area contributed by atoms with Gasteiger partial charge in [-0.25, -0.2) is 0 Å². The van der Waals surface area contributed by atoms with Gasteiger partial charge in [-0.05, 0) is 25.0 Å². The molecule has 3 aliphatic rings. The number of hydrogen-bond donors (Lipinski definition) is 0. The van der Waals surface area contributed by atoms with Gasteiger partial charge in [-0.3, -0.25) is 4.79 Å². The highest BCUT2D eigenvalue weighted by molar-refractivity contribution is 6.79. The molecule has 2 saturated heterocycles. The van der Waals surface area contributed by atoms with Crippen LogP contribution in [0.3, 0.4) is 0 Å². The summed E-state index contributed by atoms with van der Waals surface area (Å²) in [5.74, 6) is -0.602. The highest BCUT2D eigenvalue weighted by Crippen LogP contribution is 2.59. The molecule has 3 unspecified atom stereocenters. The summed E-state index contributed by atoms with van der Waals surface area (Å²) in [5, 5.41) is 0. The van der Waals surface area contributed by atoms with E-state index >= 15 is 0 Å². The third-order valence-electron chi connectivity index (χ3n) is 5.78. The zero-order chi connectivity index (χ0) is 18.7. The minimum Gasteiger partial charge on any atom is -0.367 e. The topological polar surface area (TPSA) is 54.0 Å². The van der Waals surface area contributed by atoms with Crippen molar-refractivity contribution in [3.8, 4) is 0 Å². The summed E-state index contributed by atoms with van der Waals surface area (Å²) >= 11 is 0. The maximum absolute atomic E-state index is 12.8. The molecule has 26 heavy (non-hydrogen) atoms. The lowest BCUT2D eigenvalue weighted by Crippen LogP contribution is -2.67. The predicted molar refractivity (Wildman–Crippen MR) is 99.4 cm³/mol. The van der Waals surface area contributed by atoms with Crippen molar-refractivity contribution in [2.24, 2.45) is 0 Å². The monoisotopic (exact) mass is 376 g/mol. The van der Waals surface area contributed by atoms with Gasteiger partial charge < -0.3 is 18.9 Å². The van der Waals surface area contributed by atoms with Crippen molar-refractivity contribution < 1.29 is 23.7 Å². The zero-order valence-electron chi connectivity index (χ0n) is 16.2. The fraction of sp³-hybridized carbons (Fsp3) is 0.650. The van der Waals surface area contributed by atoms with Gasteiger partial charge in [0.1, 0.15) is 12.2 Å². The van der Waals surface area contributed by atoms with Gasteiger partial charge in [-0.15, -0.1) is 0 Å². The van der Waals surface area contributed by atoms with Crippen LogP contribution in [0, 0.1) is 0 Å². The van der Waals surface area contributed by atoms with Crippen LogP contribution in [0.1, 0.15) is 25.8 Å². The third kappa shape index (κ3) is 2.79. The summed E-state index contributed by atoms with van der Waals surface area (Å²) in [6.07, 6.45) is -0.790. The van der Waals surface area contributed by atoms with Gasteiger partial charge in [0.2, 0.25) is 0 Å². The Hall–Kier alpha value is -1.05. The van der Waals surface area contributed by atoms with Crippen molar-refractivity contribution in [1.29, 1.82) is 0 Å². The van der Waals surface area contributed by atoms with Crippen LogP contribution in [0.2, 0.25) is 25.2 Å². The normalized spacial score (nSPS) is 38.4. The van der Waals surface area contributed by atoms with Gasteiger partial charge >= 0.3 is 0 Å². The van der Waals surface area contributed by atoms with Crippen molar-refractivity contribution in [2.45, 2.75) is 81.9 Å². The number of ether oxygens (including phenoxy) is 4. The Labute approximate surface area is 156 Å². The number of rotatable bonds is 4. The molecule has 3 fully saturated rings. The molecule has 5 nitrogen and oxygen atoms in total. The summed E-state index contributed by atoms with van der Waals surface area (Å²) in [6, 6.07) is 10.00. The molecule has 5 atom stereocenters. The first kappa shape index (κ1) is 18.3. The van der Waals surface area contributed by atoms with E-state index in [1.54, 1.807) is 0 Å². The first-order valence-electron chi connectivity index (χ1n) is 9.36. The van der Waals surface area contributed by atoms with E-state index in [0.29, 0.717) is 13.0 Å². The van der Waals surface area contributed by atoms with E-state index in [1.165, 1.54) is 0 Å². The summed E-state index contributed by atoms with van der Waals surface area (Å²) in [5.41, 5.74) is 0.371. The van der Waals surface area contributed by atoms with Gasteiger partial charge in [0.05, 0.1) is 14.7 Å². The highest BCUT2D eigenvalue weighted by atomic mass is 28.3. The first-order valence-corrected chi connectivity index (χ1v) is 12.9. The Morgan fingerprint density at radius 1 is 1.12 bits per heavy atom. The van der Waals surface area contributed by atoms with Gasteiger partial charge in [-0.1, -0.05) is 50.0 Å². The summed E-state index contributed by atoms with van der Waals surface area (Å²) in [4.78, 5) is 12.8. The molecular formula is C20H28O5Si. The first-order chi connectivity index (χ1) is 12.1. The number of carbonyl (C=O) groups excluding carboxylic acids is 1. The van der Waals surface area contributed by atoms with Crippen LogP contribution in [-0.2, 0) is 30.3 Å². The van der Waals surface area contributed by atoms with Crippen LogP contribution >= 0.6 is 0 Å². The van der Waals surface area contributed by atoms with E-state index < -0.39 is 31.9 Å². The lowest BCUT2D eigenvalue weighted by atomic mass is 9.73. The molecule has 1 spiro atoms. The van der Waals surface area contributed by atoms with E-state index in [0.717, 1.165) is 5.56 Å². The Morgan fingerprint density at radius 3 is 2.42 bits per heavy atom. The minimum atomic E-state index is -1.62. The lowest BCUT2D eigenvalue weighted by molar-refractivity contribution is -0.251. The average Bonchev–Trinajstić information content (AvgIpc) is 3.01.